The average Bonchev–Trinajstić information content (AvgIpc) is 2.99. The molecule has 0 aliphatic carbocycles. The van der Waals surface area contributed by atoms with Crippen LogP contribution in [0.3, 0.4) is 0 Å². The summed E-state index contributed by atoms with van der Waals surface area (Å²) in [6, 6.07) is 7.77. The van der Waals surface area contributed by atoms with Crippen molar-refractivity contribution in [2.75, 3.05) is 6.54 Å². The van der Waals surface area contributed by atoms with Gasteiger partial charge in [-0.2, -0.15) is 0 Å². The minimum absolute atomic E-state index is 0.463. The number of rotatable bonds is 6. The van der Waals surface area contributed by atoms with Crippen LogP contribution in [0, 0.1) is 0 Å². The number of nitrogens with zero attached hydrogens (tertiary/aromatic N) is 2. The summed E-state index contributed by atoms with van der Waals surface area (Å²) >= 11 is 7.68. The zero-order valence-corrected chi connectivity index (χ0v) is 15.3. The second-order valence-corrected chi connectivity index (χ2v) is 6.88. The number of thiazole rings is 1. The molecule has 1 aromatic carbocycles. The molecular weight excluding hydrogens is 328 g/mol. The third-order valence-electron chi connectivity index (χ3n) is 3.22. The van der Waals surface area contributed by atoms with Crippen LogP contribution in [-0.2, 0) is 13.1 Å². The van der Waals surface area contributed by atoms with Gasteiger partial charge in [-0.05, 0) is 30.5 Å². The lowest BCUT2D eigenvalue weighted by atomic mass is 10.2. The van der Waals surface area contributed by atoms with Crippen LogP contribution in [0.15, 0.2) is 34.6 Å². The molecule has 0 unspecified atom stereocenters. The Hall–Kier alpha value is -1.59. The number of guanidine groups is 1. The Balaban J connectivity index is 1.95. The van der Waals surface area contributed by atoms with Crippen molar-refractivity contribution in [2.45, 2.75) is 39.8 Å². The van der Waals surface area contributed by atoms with E-state index in [1.165, 1.54) is 0 Å². The summed E-state index contributed by atoms with van der Waals surface area (Å²) in [7, 11) is 0. The first-order valence-corrected chi connectivity index (χ1v) is 9.05. The molecule has 124 valence electrons. The standard InChI is InChI=1S/C17H23ClN4S/c1-4-19-17(20-9-13-6-5-7-14(18)8-13)21-10-16-22-15(11-23-16)12(2)3/h5-8,11-12H,4,9-10H2,1-3H3,(H2,19,20,21). The lowest BCUT2D eigenvalue weighted by Gasteiger charge is -2.10. The van der Waals surface area contributed by atoms with Gasteiger partial charge in [0.15, 0.2) is 5.96 Å². The average molecular weight is 351 g/mol. The van der Waals surface area contributed by atoms with Crippen LogP contribution in [0.4, 0.5) is 0 Å². The van der Waals surface area contributed by atoms with E-state index in [4.69, 9.17) is 11.6 Å². The highest BCUT2D eigenvalue weighted by atomic mass is 35.5. The summed E-state index contributed by atoms with van der Waals surface area (Å²) in [4.78, 5) is 9.22. The quantitative estimate of drug-likeness (QED) is 0.607. The fourth-order valence-corrected chi connectivity index (χ4v) is 3.09. The van der Waals surface area contributed by atoms with E-state index in [1.54, 1.807) is 11.3 Å². The Morgan fingerprint density at radius 2 is 2.17 bits per heavy atom. The second-order valence-electron chi connectivity index (χ2n) is 5.50. The van der Waals surface area contributed by atoms with Gasteiger partial charge in [-0.3, -0.25) is 0 Å². The van der Waals surface area contributed by atoms with E-state index in [9.17, 15) is 0 Å². The summed E-state index contributed by atoms with van der Waals surface area (Å²) in [5.41, 5.74) is 2.23. The summed E-state index contributed by atoms with van der Waals surface area (Å²) in [5, 5.41) is 10.5. The molecule has 0 bridgehead atoms. The van der Waals surface area contributed by atoms with Crippen molar-refractivity contribution >= 4 is 28.9 Å². The summed E-state index contributed by atoms with van der Waals surface area (Å²) in [5.74, 6) is 1.25. The molecule has 2 rings (SSSR count). The zero-order valence-electron chi connectivity index (χ0n) is 13.8. The number of hydrogen-bond donors (Lipinski definition) is 2. The van der Waals surface area contributed by atoms with Crippen molar-refractivity contribution < 1.29 is 0 Å². The van der Waals surface area contributed by atoms with Gasteiger partial charge < -0.3 is 10.6 Å². The van der Waals surface area contributed by atoms with E-state index in [2.05, 4.69) is 46.8 Å². The molecule has 0 saturated carbocycles. The normalized spacial score (nSPS) is 11.8. The van der Waals surface area contributed by atoms with E-state index in [1.807, 2.05) is 24.3 Å². The van der Waals surface area contributed by atoms with E-state index >= 15 is 0 Å². The number of aliphatic imine (C=N–C) groups is 1. The Bertz CT molecular complexity index is 652. The van der Waals surface area contributed by atoms with Crippen LogP contribution in [0.25, 0.3) is 0 Å². The van der Waals surface area contributed by atoms with Crippen LogP contribution in [0.5, 0.6) is 0 Å². The molecule has 0 aliphatic rings. The third kappa shape index (κ3) is 5.84. The molecule has 0 aliphatic heterocycles. The fourth-order valence-electron chi connectivity index (χ4n) is 1.98. The lowest BCUT2D eigenvalue weighted by molar-refractivity contribution is 0.788. The van der Waals surface area contributed by atoms with Gasteiger partial charge in [0.1, 0.15) is 5.01 Å². The predicted octanol–water partition coefficient (Wildman–Crippen LogP) is 4.18. The largest absolute Gasteiger partial charge is 0.357 e. The first-order valence-electron chi connectivity index (χ1n) is 7.79. The van der Waals surface area contributed by atoms with Gasteiger partial charge in [-0.25, -0.2) is 9.98 Å². The van der Waals surface area contributed by atoms with Crippen LogP contribution in [0.1, 0.15) is 43.0 Å². The molecule has 0 amide bonds. The SMILES string of the molecule is CCNC(=NCc1cccc(Cl)c1)NCc1nc(C(C)C)cs1. The number of aromatic nitrogens is 1. The Labute approximate surface area is 147 Å². The van der Waals surface area contributed by atoms with Crippen LogP contribution in [0.2, 0.25) is 5.02 Å². The molecule has 0 saturated heterocycles. The van der Waals surface area contributed by atoms with Crippen LogP contribution >= 0.6 is 22.9 Å². The maximum atomic E-state index is 6.00. The van der Waals surface area contributed by atoms with Crippen LogP contribution < -0.4 is 10.6 Å². The van der Waals surface area contributed by atoms with E-state index in [-0.39, 0.29) is 0 Å². The highest BCUT2D eigenvalue weighted by molar-refractivity contribution is 7.09. The van der Waals surface area contributed by atoms with Gasteiger partial charge in [0.05, 0.1) is 18.8 Å². The maximum Gasteiger partial charge on any atom is 0.191 e. The minimum atomic E-state index is 0.463. The third-order valence-corrected chi connectivity index (χ3v) is 4.32. The van der Waals surface area contributed by atoms with Crippen molar-refractivity contribution in [3.8, 4) is 0 Å². The second kappa shape index (κ2) is 8.89. The summed E-state index contributed by atoms with van der Waals surface area (Å²) in [6.45, 7) is 8.45. The van der Waals surface area contributed by atoms with Crippen molar-refractivity contribution in [1.82, 2.24) is 15.6 Å². The molecular formula is C17H23ClN4S. The van der Waals surface area contributed by atoms with Crippen molar-refractivity contribution in [3.63, 3.8) is 0 Å². The molecule has 6 heteroatoms. The highest BCUT2D eigenvalue weighted by Gasteiger charge is 2.06. The predicted molar refractivity (Wildman–Crippen MR) is 99.3 cm³/mol. The van der Waals surface area contributed by atoms with Gasteiger partial charge >= 0.3 is 0 Å². The lowest BCUT2D eigenvalue weighted by Crippen LogP contribution is -2.36. The van der Waals surface area contributed by atoms with Crippen molar-refractivity contribution in [2.24, 2.45) is 4.99 Å². The maximum absolute atomic E-state index is 6.00. The van der Waals surface area contributed by atoms with Gasteiger partial charge in [0.2, 0.25) is 0 Å². The molecule has 23 heavy (non-hydrogen) atoms. The molecule has 0 fully saturated rings. The molecule has 0 atom stereocenters. The zero-order chi connectivity index (χ0) is 16.7. The topological polar surface area (TPSA) is 49.3 Å². The summed E-state index contributed by atoms with van der Waals surface area (Å²) < 4.78 is 0. The summed E-state index contributed by atoms with van der Waals surface area (Å²) in [6.07, 6.45) is 0. The number of halogens is 1. The Kier molecular flexibility index (Phi) is 6.86. The number of benzene rings is 1. The van der Waals surface area contributed by atoms with E-state index in [0.29, 0.717) is 19.0 Å². The molecule has 0 radical (unpaired) electrons. The first-order chi connectivity index (χ1) is 11.1. The van der Waals surface area contributed by atoms with Crippen molar-refractivity contribution in [1.29, 1.82) is 0 Å². The fraction of sp³-hybridized carbons (Fsp3) is 0.412. The van der Waals surface area contributed by atoms with Gasteiger partial charge in [-0.15, -0.1) is 11.3 Å². The van der Waals surface area contributed by atoms with E-state index in [0.717, 1.165) is 33.8 Å². The Morgan fingerprint density at radius 3 is 2.83 bits per heavy atom. The number of nitrogens with one attached hydrogen (secondary N) is 2. The smallest absolute Gasteiger partial charge is 0.191 e. The molecule has 2 N–H and O–H groups in total. The van der Waals surface area contributed by atoms with Gasteiger partial charge in [0.25, 0.3) is 0 Å². The molecule has 4 nitrogen and oxygen atoms in total. The minimum Gasteiger partial charge on any atom is -0.357 e. The molecule has 1 aromatic heterocycles. The monoisotopic (exact) mass is 350 g/mol. The van der Waals surface area contributed by atoms with Gasteiger partial charge in [-0.1, -0.05) is 37.6 Å². The molecule has 1 heterocycles. The highest BCUT2D eigenvalue weighted by Crippen LogP contribution is 2.17. The Morgan fingerprint density at radius 1 is 1.35 bits per heavy atom. The molecule has 0 spiro atoms. The van der Waals surface area contributed by atoms with E-state index < -0.39 is 0 Å². The van der Waals surface area contributed by atoms with Gasteiger partial charge in [0, 0.05) is 16.9 Å². The molecule has 2 aromatic rings. The first kappa shape index (κ1) is 17.8. The number of hydrogen-bond acceptors (Lipinski definition) is 3. The van der Waals surface area contributed by atoms with Crippen LogP contribution in [-0.4, -0.2) is 17.5 Å². The van der Waals surface area contributed by atoms with Crippen molar-refractivity contribution in [3.05, 3.63) is 50.9 Å².